The summed E-state index contributed by atoms with van der Waals surface area (Å²) >= 11 is 5.84. The maximum atomic E-state index is 11.0. The van der Waals surface area contributed by atoms with Gasteiger partial charge in [0.1, 0.15) is 6.54 Å². The van der Waals surface area contributed by atoms with Gasteiger partial charge in [0, 0.05) is 17.3 Å². The number of aliphatic hydroxyl groups excluding tert-OH is 1. The molecule has 21 heavy (non-hydrogen) atoms. The first-order valence-electron chi connectivity index (χ1n) is 6.51. The van der Waals surface area contributed by atoms with E-state index in [0.29, 0.717) is 10.7 Å². The molecular weight excluding hydrogens is 290 g/mol. The smallest absolute Gasteiger partial charge is 0.323 e. The lowest BCUT2D eigenvalue weighted by atomic mass is 10.1. The van der Waals surface area contributed by atoms with E-state index < -0.39 is 12.1 Å². The molecule has 0 amide bonds. The number of carbonyl (C=O) groups is 1. The second kappa shape index (κ2) is 7.11. The van der Waals surface area contributed by atoms with Crippen molar-refractivity contribution in [2.75, 3.05) is 18.0 Å². The number of aliphatic carboxylic acids is 1. The maximum absolute atomic E-state index is 11.0. The monoisotopic (exact) mass is 305 g/mol. The van der Waals surface area contributed by atoms with Gasteiger partial charge in [-0.2, -0.15) is 0 Å². The molecule has 0 fully saturated rings. The number of aliphatic hydroxyl groups is 1. The van der Waals surface area contributed by atoms with Crippen molar-refractivity contribution < 1.29 is 15.0 Å². The van der Waals surface area contributed by atoms with Crippen LogP contribution < -0.4 is 4.90 Å². The van der Waals surface area contributed by atoms with Gasteiger partial charge in [-0.15, -0.1) is 0 Å². The van der Waals surface area contributed by atoms with Gasteiger partial charge in [-0.05, 0) is 29.8 Å². The average Bonchev–Trinajstić information content (AvgIpc) is 2.48. The lowest BCUT2D eigenvalue weighted by Gasteiger charge is -2.26. The van der Waals surface area contributed by atoms with E-state index >= 15 is 0 Å². The van der Waals surface area contributed by atoms with Crippen molar-refractivity contribution in [1.82, 2.24) is 0 Å². The van der Waals surface area contributed by atoms with Gasteiger partial charge in [-0.25, -0.2) is 0 Å². The van der Waals surface area contributed by atoms with Crippen molar-refractivity contribution in [1.29, 1.82) is 0 Å². The topological polar surface area (TPSA) is 60.8 Å². The van der Waals surface area contributed by atoms with E-state index in [4.69, 9.17) is 16.7 Å². The molecule has 0 saturated heterocycles. The van der Waals surface area contributed by atoms with Crippen LogP contribution in [0.4, 0.5) is 5.69 Å². The summed E-state index contributed by atoms with van der Waals surface area (Å²) in [4.78, 5) is 12.6. The van der Waals surface area contributed by atoms with Gasteiger partial charge < -0.3 is 15.1 Å². The largest absolute Gasteiger partial charge is 0.480 e. The van der Waals surface area contributed by atoms with E-state index in [0.717, 1.165) is 5.56 Å². The van der Waals surface area contributed by atoms with Crippen LogP contribution in [-0.4, -0.2) is 29.3 Å². The molecule has 2 N–H and O–H groups in total. The summed E-state index contributed by atoms with van der Waals surface area (Å²) in [5.41, 5.74) is 1.46. The first-order chi connectivity index (χ1) is 10.1. The second-order valence-electron chi connectivity index (χ2n) is 4.68. The highest BCUT2D eigenvalue weighted by Crippen LogP contribution is 2.21. The third-order valence-corrected chi connectivity index (χ3v) is 3.35. The quantitative estimate of drug-likeness (QED) is 0.861. The highest BCUT2D eigenvalue weighted by molar-refractivity contribution is 6.30. The van der Waals surface area contributed by atoms with Crippen molar-refractivity contribution in [2.24, 2.45) is 0 Å². The van der Waals surface area contributed by atoms with Crippen LogP contribution in [0.2, 0.25) is 5.02 Å². The summed E-state index contributed by atoms with van der Waals surface area (Å²) in [6.07, 6.45) is -0.763. The Hall–Kier alpha value is -2.04. The van der Waals surface area contributed by atoms with Crippen LogP contribution >= 0.6 is 11.6 Å². The minimum atomic E-state index is -0.954. The molecule has 0 aliphatic rings. The van der Waals surface area contributed by atoms with Gasteiger partial charge in [-0.1, -0.05) is 41.9 Å². The summed E-state index contributed by atoms with van der Waals surface area (Å²) in [5.74, 6) is -0.954. The fraction of sp³-hybridized carbons (Fsp3) is 0.188. The second-order valence-corrected chi connectivity index (χ2v) is 5.11. The first kappa shape index (κ1) is 15.4. The van der Waals surface area contributed by atoms with E-state index in [2.05, 4.69) is 0 Å². The predicted molar refractivity (Wildman–Crippen MR) is 82.7 cm³/mol. The predicted octanol–water partition coefficient (Wildman–Crippen LogP) is 2.96. The third-order valence-electron chi connectivity index (χ3n) is 3.10. The number of carboxylic acid groups (broad SMARTS) is 1. The number of benzene rings is 2. The normalized spacial score (nSPS) is 11.9. The molecule has 2 rings (SSSR count). The van der Waals surface area contributed by atoms with Gasteiger partial charge in [0.15, 0.2) is 0 Å². The Morgan fingerprint density at radius 1 is 1.10 bits per heavy atom. The number of anilines is 1. The molecule has 4 nitrogen and oxygen atoms in total. The molecule has 5 heteroatoms. The number of rotatable bonds is 6. The average molecular weight is 306 g/mol. The molecule has 0 spiro atoms. The molecule has 0 aromatic heterocycles. The third kappa shape index (κ3) is 4.48. The lowest BCUT2D eigenvalue weighted by Crippen LogP contribution is -2.33. The van der Waals surface area contributed by atoms with Crippen LogP contribution in [0, 0.1) is 0 Å². The first-order valence-corrected chi connectivity index (χ1v) is 6.89. The van der Waals surface area contributed by atoms with E-state index in [9.17, 15) is 9.90 Å². The number of hydrogen-bond acceptors (Lipinski definition) is 3. The Kier molecular flexibility index (Phi) is 5.20. The minimum absolute atomic E-state index is 0.189. The Morgan fingerprint density at radius 3 is 2.29 bits per heavy atom. The Balaban J connectivity index is 2.16. The van der Waals surface area contributed by atoms with E-state index in [1.54, 1.807) is 29.2 Å². The number of halogens is 1. The molecule has 2 aromatic carbocycles. The van der Waals surface area contributed by atoms with Crippen molar-refractivity contribution >= 4 is 23.3 Å². The summed E-state index contributed by atoms with van der Waals surface area (Å²) in [6, 6.07) is 16.0. The number of carboxylic acids is 1. The minimum Gasteiger partial charge on any atom is -0.480 e. The Morgan fingerprint density at radius 2 is 1.71 bits per heavy atom. The zero-order valence-electron chi connectivity index (χ0n) is 11.3. The fourth-order valence-electron chi connectivity index (χ4n) is 2.07. The number of hydrogen-bond donors (Lipinski definition) is 2. The Labute approximate surface area is 128 Å². The maximum Gasteiger partial charge on any atom is 0.323 e. The van der Waals surface area contributed by atoms with Crippen molar-refractivity contribution in [2.45, 2.75) is 6.10 Å². The van der Waals surface area contributed by atoms with Crippen LogP contribution in [0.5, 0.6) is 0 Å². The summed E-state index contributed by atoms with van der Waals surface area (Å²) in [5, 5.41) is 19.9. The van der Waals surface area contributed by atoms with E-state index in [1.807, 2.05) is 30.3 Å². The molecule has 0 bridgehead atoms. The van der Waals surface area contributed by atoms with Crippen LogP contribution in [0.15, 0.2) is 54.6 Å². The van der Waals surface area contributed by atoms with Gasteiger partial charge in [0.05, 0.1) is 6.10 Å². The molecule has 0 saturated carbocycles. The zero-order chi connectivity index (χ0) is 15.2. The Bertz CT molecular complexity index is 586. The standard InChI is InChI=1S/C16H16ClNO3/c17-13-6-8-14(9-7-13)18(11-16(20)21)10-15(19)12-4-2-1-3-5-12/h1-9,15,19H,10-11H2,(H,20,21). The van der Waals surface area contributed by atoms with Crippen molar-refractivity contribution in [3.05, 3.63) is 65.2 Å². The molecule has 110 valence electrons. The molecule has 1 unspecified atom stereocenters. The highest BCUT2D eigenvalue weighted by Gasteiger charge is 2.16. The zero-order valence-corrected chi connectivity index (χ0v) is 12.1. The SMILES string of the molecule is O=C(O)CN(CC(O)c1ccccc1)c1ccc(Cl)cc1. The van der Waals surface area contributed by atoms with Gasteiger partial charge >= 0.3 is 5.97 Å². The number of nitrogens with zero attached hydrogens (tertiary/aromatic N) is 1. The van der Waals surface area contributed by atoms with Crippen LogP contribution in [0.3, 0.4) is 0 Å². The van der Waals surface area contributed by atoms with E-state index in [1.165, 1.54) is 0 Å². The molecule has 0 aliphatic heterocycles. The van der Waals surface area contributed by atoms with Crippen LogP contribution in [-0.2, 0) is 4.79 Å². The summed E-state index contributed by atoms with van der Waals surface area (Å²) in [6.45, 7) is 0.00344. The molecule has 0 heterocycles. The van der Waals surface area contributed by atoms with Crippen LogP contribution in [0.1, 0.15) is 11.7 Å². The van der Waals surface area contributed by atoms with Gasteiger partial charge in [-0.3, -0.25) is 4.79 Å². The molecule has 2 aromatic rings. The van der Waals surface area contributed by atoms with Gasteiger partial charge in [0.25, 0.3) is 0 Å². The summed E-state index contributed by atoms with van der Waals surface area (Å²) in [7, 11) is 0. The molecule has 1 atom stereocenters. The summed E-state index contributed by atoms with van der Waals surface area (Å²) < 4.78 is 0. The van der Waals surface area contributed by atoms with Gasteiger partial charge in [0.2, 0.25) is 0 Å². The van der Waals surface area contributed by atoms with Crippen molar-refractivity contribution in [3.63, 3.8) is 0 Å². The lowest BCUT2D eigenvalue weighted by molar-refractivity contribution is -0.135. The van der Waals surface area contributed by atoms with Crippen LogP contribution in [0.25, 0.3) is 0 Å². The van der Waals surface area contributed by atoms with E-state index in [-0.39, 0.29) is 13.1 Å². The fourth-order valence-corrected chi connectivity index (χ4v) is 2.19. The van der Waals surface area contributed by atoms with Crippen molar-refractivity contribution in [3.8, 4) is 0 Å². The highest BCUT2D eigenvalue weighted by atomic mass is 35.5. The molecular formula is C16H16ClNO3. The molecule has 0 aliphatic carbocycles. The molecule has 0 radical (unpaired) electrons.